The first-order valence-electron chi connectivity index (χ1n) is 20.1. The minimum Gasteiger partial charge on any atom is -0.477 e. The summed E-state index contributed by atoms with van der Waals surface area (Å²) in [4.78, 5) is 36.8. The topological polar surface area (TPSA) is 99.1 Å². The number of ether oxygens (including phenoxy) is 3. The maximum atomic E-state index is 12.7. The summed E-state index contributed by atoms with van der Waals surface area (Å²) in [5, 5.41) is 9.59. The van der Waals surface area contributed by atoms with E-state index in [1.165, 1.54) is 64.2 Å². The highest BCUT2D eigenvalue weighted by Gasteiger charge is 2.31. The van der Waals surface area contributed by atoms with Gasteiger partial charge in [-0.15, -0.1) is 0 Å². The van der Waals surface area contributed by atoms with Gasteiger partial charge >= 0.3 is 17.9 Å². The molecule has 0 spiro atoms. The first kappa shape index (κ1) is 47.5. The van der Waals surface area contributed by atoms with Crippen molar-refractivity contribution >= 4 is 17.9 Å². The number of hydrogen-bond donors (Lipinski definition) is 1. The van der Waals surface area contributed by atoms with E-state index < -0.39 is 18.1 Å². The average Bonchev–Trinajstić information content (AvgIpc) is 3.06. The largest absolute Gasteiger partial charge is 0.477 e. The molecule has 0 saturated carbocycles. The molecule has 0 aliphatic heterocycles. The summed E-state index contributed by atoms with van der Waals surface area (Å²) in [5.41, 5.74) is 0. The highest BCUT2D eigenvalue weighted by molar-refractivity contribution is 5.72. The van der Waals surface area contributed by atoms with E-state index in [1.54, 1.807) is 0 Å². The number of carboxylic acids is 1. The van der Waals surface area contributed by atoms with Crippen molar-refractivity contribution in [3.8, 4) is 0 Å². The second-order valence-corrected chi connectivity index (χ2v) is 14.6. The van der Waals surface area contributed by atoms with Crippen LogP contribution in [0.1, 0.15) is 162 Å². The molecule has 0 fully saturated rings. The number of carbonyl (C=O) groups excluding carboxylic acids is 2. The van der Waals surface area contributed by atoms with Gasteiger partial charge in [0.15, 0.2) is 12.1 Å². The molecule has 0 radical (unpaired) electrons. The lowest BCUT2D eigenvalue weighted by Crippen LogP contribution is -2.50. The Labute approximate surface area is 306 Å². The molecule has 8 heteroatoms. The molecule has 0 rings (SSSR count). The number of carbonyl (C=O) groups is 3. The maximum absolute atomic E-state index is 12.7. The van der Waals surface area contributed by atoms with E-state index in [0.29, 0.717) is 19.3 Å². The Kier molecular flexibility index (Phi) is 32.0. The summed E-state index contributed by atoms with van der Waals surface area (Å²) in [6, 6.07) is -0.615. The molecule has 0 aromatic carbocycles. The lowest BCUT2D eigenvalue weighted by atomic mass is 10.0. The molecule has 0 amide bonds. The molecule has 0 heterocycles. The third-order valence-electron chi connectivity index (χ3n) is 8.87. The Morgan fingerprint density at radius 3 is 1.64 bits per heavy atom. The van der Waals surface area contributed by atoms with E-state index >= 15 is 0 Å². The molecule has 1 N–H and O–H groups in total. The van der Waals surface area contributed by atoms with E-state index in [2.05, 4.69) is 44.2 Å². The first-order chi connectivity index (χ1) is 24.1. The van der Waals surface area contributed by atoms with Crippen LogP contribution in [-0.2, 0) is 28.6 Å². The van der Waals surface area contributed by atoms with Crippen LogP contribution < -0.4 is 0 Å². The van der Waals surface area contributed by atoms with Gasteiger partial charge in [0.05, 0.1) is 34.4 Å². The fourth-order valence-electron chi connectivity index (χ4n) is 5.74. The Morgan fingerprint density at radius 2 is 1.12 bits per heavy atom. The Morgan fingerprint density at radius 1 is 0.620 bits per heavy atom. The zero-order valence-electron chi connectivity index (χ0n) is 32.8. The van der Waals surface area contributed by atoms with Gasteiger partial charge in [-0.05, 0) is 32.1 Å². The van der Waals surface area contributed by atoms with Gasteiger partial charge in [-0.2, -0.15) is 0 Å². The fraction of sp³-hybridized carbons (Fsp3) is 0.786. The number of esters is 2. The average molecular weight is 707 g/mol. The molecule has 0 aromatic rings. The molecule has 0 aliphatic carbocycles. The molecule has 0 aliphatic rings. The molecular weight excluding hydrogens is 630 g/mol. The molecule has 50 heavy (non-hydrogen) atoms. The lowest BCUT2D eigenvalue weighted by molar-refractivity contribution is -0.887. The first-order valence-corrected chi connectivity index (χ1v) is 20.1. The monoisotopic (exact) mass is 707 g/mol. The molecule has 290 valence electrons. The van der Waals surface area contributed by atoms with Crippen LogP contribution in [0.4, 0.5) is 0 Å². The molecular formula is C42H76NO7+. The zero-order chi connectivity index (χ0) is 37.1. The number of carboxylic acid groups (broad SMARTS) is 1. The standard InChI is InChI=1S/C42H75NO7/c1-6-8-10-12-14-16-18-20-22-24-26-28-30-32-40(44)49-37-38(36-48-35-34-39(42(46)47)43(3,4)5)50-41(45)33-31-29-27-25-23-21-19-17-15-13-11-9-7-2/h8,10,12,14,16,18,38-39H,6-7,9,11,13,15,17,19-37H2,1-5H3/p+1/b10-8+,14-12+,18-16+. The van der Waals surface area contributed by atoms with E-state index in [0.717, 1.165) is 64.2 Å². The SMILES string of the molecule is CC/C=C/C=C/C=C/CCCCCCCC(=O)OCC(COCCC(C(=O)O)[N+](C)(C)C)OC(=O)CCCCCCCCCCCCCCC. The molecule has 0 bridgehead atoms. The van der Waals surface area contributed by atoms with Crippen molar-refractivity contribution in [2.24, 2.45) is 0 Å². The van der Waals surface area contributed by atoms with Crippen molar-refractivity contribution in [2.75, 3.05) is 41.0 Å². The van der Waals surface area contributed by atoms with Gasteiger partial charge < -0.3 is 23.8 Å². The third-order valence-corrected chi connectivity index (χ3v) is 8.87. The van der Waals surface area contributed by atoms with Crippen molar-refractivity contribution < 1.29 is 38.2 Å². The summed E-state index contributed by atoms with van der Waals surface area (Å²) in [6.45, 7) is 4.57. The fourth-order valence-corrected chi connectivity index (χ4v) is 5.74. The van der Waals surface area contributed by atoms with Gasteiger partial charge in [-0.3, -0.25) is 9.59 Å². The summed E-state index contributed by atoms with van der Waals surface area (Å²) in [5.74, 6) is -1.49. The van der Waals surface area contributed by atoms with Crippen molar-refractivity contribution in [1.82, 2.24) is 0 Å². The minimum atomic E-state index is -0.879. The van der Waals surface area contributed by atoms with Gasteiger partial charge in [0.1, 0.15) is 6.61 Å². The highest BCUT2D eigenvalue weighted by Crippen LogP contribution is 2.14. The third kappa shape index (κ3) is 31.5. The van der Waals surface area contributed by atoms with E-state index in [9.17, 15) is 19.5 Å². The number of rotatable bonds is 35. The Bertz CT molecular complexity index is 922. The van der Waals surface area contributed by atoms with Crippen LogP contribution in [0.3, 0.4) is 0 Å². The number of quaternary nitrogens is 1. The van der Waals surface area contributed by atoms with Crippen LogP contribution in [-0.4, -0.2) is 80.6 Å². The van der Waals surface area contributed by atoms with Gasteiger partial charge in [0.25, 0.3) is 0 Å². The smallest absolute Gasteiger partial charge is 0.362 e. The second-order valence-electron chi connectivity index (χ2n) is 14.6. The van der Waals surface area contributed by atoms with Crippen LogP contribution in [0.2, 0.25) is 0 Å². The van der Waals surface area contributed by atoms with Crippen molar-refractivity contribution in [1.29, 1.82) is 0 Å². The summed E-state index contributed by atoms with van der Waals surface area (Å²) in [7, 11) is 5.51. The number of unbranched alkanes of at least 4 members (excludes halogenated alkanes) is 17. The van der Waals surface area contributed by atoms with Crippen LogP contribution in [0, 0.1) is 0 Å². The normalized spacial score (nSPS) is 13.4. The van der Waals surface area contributed by atoms with Crippen LogP contribution in [0.15, 0.2) is 36.5 Å². The van der Waals surface area contributed by atoms with Crippen molar-refractivity contribution in [3.63, 3.8) is 0 Å². The molecule has 0 saturated heterocycles. The predicted molar refractivity (Wildman–Crippen MR) is 206 cm³/mol. The van der Waals surface area contributed by atoms with Crippen molar-refractivity contribution in [3.05, 3.63) is 36.5 Å². The lowest BCUT2D eigenvalue weighted by Gasteiger charge is -2.31. The maximum Gasteiger partial charge on any atom is 0.362 e. The van der Waals surface area contributed by atoms with Gasteiger partial charge in [0, 0.05) is 19.3 Å². The highest BCUT2D eigenvalue weighted by atomic mass is 16.6. The number of allylic oxidation sites excluding steroid dienone is 6. The van der Waals surface area contributed by atoms with Crippen LogP contribution in [0.5, 0.6) is 0 Å². The van der Waals surface area contributed by atoms with Crippen LogP contribution >= 0.6 is 0 Å². The quantitative estimate of drug-likeness (QED) is 0.0303. The Balaban J connectivity index is 4.42. The predicted octanol–water partition coefficient (Wildman–Crippen LogP) is 10.3. The summed E-state index contributed by atoms with van der Waals surface area (Å²) >= 11 is 0. The molecule has 0 aromatic heterocycles. The van der Waals surface area contributed by atoms with Gasteiger partial charge in [0.2, 0.25) is 0 Å². The molecule has 2 atom stereocenters. The van der Waals surface area contributed by atoms with Crippen molar-refractivity contribution in [2.45, 2.75) is 174 Å². The van der Waals surface area contributed by atoms with Crippen LogP contribution in [0.25, 0.3) is 0 Å². The minimum absolute atomic E-state index is 0.0563. The number of aliphatic carboxylic acids is 1. The summed E-state index contributed by atoms with van der Waals surface area (Å²) < 4.78 is 17.2. The van der Waals surface area contributed by atoms with E-state index in [4.69, 9.17) is 14.2 Å². The van der Waals surface area contributed by atoms with E-state index in [1.807, 2.05) is 27.2 Å². The van der Waals surface area contributed by atoms with Gasteiger partial charge in [-0.1, -0.05) is 147 Å². The van der Waals surface area contributed by atoms with Gasteiger partial charge in [-0.25, -0.2) is 4.79 Å². The zero-order valence-corrected chi connectivity index (χ0v) is 32.8. The Hall–Kier alpha value is -2.45. The second kappa shape index (κ2) is 33.7. The number of nitrogens with zero attached hydrogens (tertiary/aromatic N) is 1. The van der Waals surface area contributed by atoms with E-state index in [-0.39, 0.29) is 36.2 Å². The number of hydrogen-bond acceptors (Lipinski definition) is 6. The number of likely N-dealkylation sites (N-methyl/N-ethyl adjacent to an activating group) is 1. The summed E-state index contributed by atoms with van der Waals surface area (Å²) in [6.07, 6.45) is 36.1. The molecule has 2 unspecified atom stereocenters. The molecule has 8 nitrogen and oxygen atoms in total.